The standard InChI is InChI=1S/C12H16BrN/c1-2-11(12(14)7-8-12)9-3-5-10(13)6-4-9/h3-6,11H,2,7-8,14H2,1H3. The van der Waals surface area contributed by atoms with E-state index < -0.39 is 0 Å². The van der Waals surface area contributed by atoms with E-state index in [4.69, 9.17) is 5.73 Å². The number of benzene rings is 1. The maximum absolute atomic E-state index is 6.26. The molecule has 2 N–H and O–H groups in total. The van der Waals surface area contributed by atoms with Crippen LogP contribution in [-0.4, -0.2) is 5.54 Å². The molecule has 76 valence electrons. The van der Waals surface area contributed by atoms with Crippen molar-refractivity contribution in [2.45, 2.75) is 37.6 Å². The molecule has 1 aromatic rings. The molecule has 1 atom stereocenters. The van der Waals surface area contributed by atoms with Crippen molar-refractivity contribution in [1.29, 1.82) is 0 Å². The average molecular weight is 254 g/mol. The number of hydrogen-bond acceptors (Lipinski definition) is 1. The minimum atomic E-state index is 0.0998. The summed E-state index contributed by atoms with van der Waals surface area (Å²) in [7, 11) is 0. The Morgan fingerprint density at radius 3 is 2.36 bits per heavy atom. The van der Waals surface area contributed by atoms with Gasteiger partial charge in [-0.05, 0) is 37.0 Å². The Bertz CT molecular complexity index is 314. The van der Waals surface area contributed by atoms with Crippen molar-refractivity contribution >= 4 is 15.9 Å². The maximum atomic E-state index is 6.26. The van der Waals surface area contributed by atoms with Gasteiger partial charge in [-0.15, -0.1) is 0 Å². The first-order chi connectivity index (χ1) is 6.65. The molecule has 2 heteroatoms. The maximum Gasteiger partial charge on any atom is 0.0225 e. The number of hydrogen-bond donors (Lipinski definition) is 1. The largest absolute Gasteiger partial charge is 0.325 e. The van der Waals surface area contributed by atoms with Gasteiger partial charge in [0.25, 0.3) is 0 Å². The van der Waals surface area contributed by atoms with Gasteiger partial charge in [-0.1, -0.05) is 35.0 Å². The van der Waals surface area contributed by atoms with Gasteiger partial charge in [-0.3, -0.25) is 0 Å². The molecule has 1 nitrogen and oxygen atoms in total. The highest BCUT2D eigenvalue weighted by atomic mass is 79.9. The third-order valence-electron chi connectivity index (χ3n) is 3.20. The fourth-order valence-electron chi connectivity index (χ4n) is 2.16. The van der Waals surface area contributed by atoms with Crippen molar-refractivity contribution in [3.8, 4) is 0 Å². The van der Waals surface area contributed by atoms with Gasteiger partial charge in [-0.2, -0.15) is 0 Å². The molecule has 0 heterocycles. The quantitative estimate of drug-likeness (QED) is 0.878. The van der Waals surface area contributed by atoms with Gasteiger partial charge in [-0.25, -0.2) is 0 Å². The van der Waals surface area contributed by atoms with Gasteiger partial charge in [0.1, 0.15) is 0 Å². The van der Waals surface area contributed by atoms with Gasteiger partial charge in [0.05, 0.1) is 0 Å². The summed E-state index contributed by atoms with van der Waals surface area (Å²) in [6.07, 6.45) is 3.50. The highest BCUT2D eigenvalue weighted by Gasteiger charge is 2.45. The van der Waals surface area contributed by atoms with Gasteiger partial charge >= 0.3 is 0 Å². The second-order valence-electron chi connectivity index (χ2n) is 4.25. The van der Waals surface area contributed by atoms with E-state index in [0.717, 1.165) is 10.9 Å². The van der Waals surface area contributed by atoms with Crippen LogP contribution in [0, 0.1) is 0 Å². The molecule has 0 radical (unpaired) electrons. The number of nitrogens with two attached hydrogens (primary N) is 1. The summed E-state index contributed by atoms with van der Waals surface area (Å²) in [6, 6.07) is 8.57. The van der Waals surface area contributed by atoms with Crippen LogP contribution in [0.1, 0.15) is 37.7 Å². The Kier molecular flexibility index (Phi) is 2.67. The predicted octanol–water partition coefficient (Wildman–Crippen LogP) is 3.43. The normalized spacial score (nSPS) is 20.5. The Labute approximate surface area is 93.8 Å². The molecule has 1 aromatic carbocycles. The first-order valence-electron chi connectivity index (χ1n) is 5.20. The molecule has 1 aliphatic rings. The van der Waals surface area contributed by atoms with E-state index in [0.29, 0.717) is 5.92 Å². The SMILES string of the molecule is CCC(c1ccc(Br)cc1)C1(N)CC1. The third kappa shape index (κ3) is 1.86. The summed E-state index contributed by atoms with van der Waals surface area (Å²) in [6.45, 7) is 2.22. The van der Waals surface area contributed by atoms with E-state index in [-0.39, 0.29) is 5.54 Å². The summed E-state index contributed by atoms with van der Waals surface area (Å²) < 4.78 is 1.14. The molecule has 0 bridgehead atoms. The van der Waals surface area contributed by atoms with E-state index in [1.807, 2.05) is 0 Å². The topological polar surface area (TPSA) is 26.0 Å². The van der Waals surface area contributed by atoms with Crippen LogP contribution < -0.4 is 5.73 Å². The van der Waals surface area contributed by atoms with Crippen LogP contribution in [0.2, 0.25) is 0 Å². The summed E-state index contributed by atoms with van der Waals surface area (Å²) in [4.78, 5) is 0. The Morgan fingerprint density at radius 1 is 1.36 bits per heavy atom. The van der Waals surface area contributed by atoms with Crippen LogP contribution in [0.15, 0.2) is 28.7 Å². The van der Waals surface area contributed by atoms with E-state index >= 15 is 0 Å². The zero-order valence-electron chi connectivity index (χ0n) is 8.46. The molecule has 1 unspecified atom stereocenters. The molecular weight excluding hydrogens is 238 g/mol. The van der Waals surface area contributed by atoms with Crippen molar-refractivity contribution in [3.05, 3.63) is 34.3 Å². The lowest BCUT2D eigenvalue weighted by molar-refractivity contribution is 0.505. The van der Waals surface area contributed by atoms with Crippen molar-refractivity contribution in [3.63, 3.8) is 0 Å². The Balaban J connectivity index is 2.23. The molecule has 0 aromatic heterocycles. The highest BCUT2D eigenvalue weighted by Crippen LogP contribution is 2.46. The summed E-state index contributed by atoms with van der Waals surface area (Å²) in [5, 5.41) is 0. The number of rotatable bonds is 3. The molecule has 2 rings (SSSR count). The fraction of sp³-hybridized carbons (Fsp3) is 0.500. The molecule has 14 heavy (non-hydrogen) atoms. The van der Waals surface area contributed by atoms with E-state index in [9.17, 15) is 0 Å². The molecular formula is C12H16BrN. The zero-order valence-corrected chi connectivity index (χ0v) is 10.0. The average Bonchev–Trinajstić information content (AvgIpc) is 2.89. The highest BCUT2D eigenvalue weighted by molar-refractivity contribution is 9.10. The lowest BCUT2D eigenvalue weighted by Gasteiger charge is -2.22. The molecule has 1 saturated carbocycles. The lowest BCUT2D eigenvalue weighted by Crippen LogP contribution is -2.30. The third-order valence-corrected chi connectivity index (χ3v) is 3.73. The van der Waals surface area contributed by atoms with Crippen molar-refractivity contribution in [2.75, 3.05) is 0 Å². The second-order valence-corrected chi connectivity index (χ2v) is 5.16. The van der Waals surface area contributed by atoms with Gasteiger partial charge < -0.3 is 5.73 Å². The van der Waals surface area contributed by atoms with Crippen LogP contribution in [0.4, 0.5) is 0 Å². The van der Waals surface area contributed by atoms with Gasteiger partial charge in [0.2, 0.25) is 0 Å². The smallest absolute Gasteiger partial charge is 0.0225 e. The van der Waals surface area contributed by atoms with Gasteiger partial charge in [0, 0.05) is 15.9 Å². The molecule has 0 spiro atoms. The van der Waals surface area contributed by atoms with Crippen molar-refractivity contribution in [1.82, 2.24) is 0 Å². The summed E-state index contributed by atoms with van der Waals surface area (Å²) in [5.74, 6) is 0.538. The minimum Gasteiger partial charge on any atom is -0.325 e. The predicted molar refractivity (Wildman–Crippen MR) is 63.3 cm³/mol. The first kappa shape index (κ1) is 10.2. The van der Waals surface area contributed by atoms with E-state index in [2.05, 4.69) is 47.1 Å². The summed E-state index contributed by atoms with van der Waals surface area (Å²) >= 11 is 3.45. The monoisotopic (exact) mass is 253 g/mol. The van der Waals surface area contributed by atoms with Crippen LogP contribution in [-0.2, 0) is 0 Å². The molecule has 1 aliphatic carbocycles. The van der Waals surface area contributed by atoms with E-state index in [1.165, 1.54) is 18.4 Å². The van der Waals surface area contributed by atoms with E-state index in [1.54, 1.807) is 0 Å². The van der Waals surface area contributed by atoms with Crippen LogP contribution in [0.5, 0.6) is 0 Å². The van der Waals surface area contributed by atoms with Crippen LogP contribution in [0.25, 0.3) is 0 Å². The van der Waals surface area contributed by atoms with Crippen LogP contribution in [0.3, 0.4) is 0 Å². The molecule has 0 aliphatic heterocycles. The molecule has 1 fully saturated rings. The fourth-order valence-corrected chi connectivity index (χ4v) is 2.43. The minimum absolute atomic E-state index is 0.0998. The van der Waals surface area contributed by atoms with Crippen LogP contribution >= 0.6 is 15.9 Å². The summed E-state index contributed by atoms with van der Waals surface area (Å²) in [5.41, 5.74) is 7.74. The Morgan fingerprint density at radius 2 is 1.93 bits per heavy atom. The van der Waals surface area contributed by atoms with Crippen molar-refractivity contribution < 1.29 is 0 Å². The Hall–Kier alpha value is -0.340. The molecule has 0 saturated heterocycles. The molecule has 0 amide bonds. The van der Waals surface area contributed by atoms with Crippen molar-refractivity contribution in [2.24, 2.45) is 5.73 Å². The first-order valence-corrected chi connectivity index (χ1v) is 5.99. The van der Waals surface area contributed by atoms with Gasteiger partial charge in [0.15, 0.2) is 0 Å². The zero-order chi connectivity index (χ0) is 10.2. The second kappa shape index (κ2) is 3.67. The lowest BCUT2D eigenvalue weighted by atomic mass is 9.88. The number of halogens is 1.